The summed E-state index contributed by atoms with van der Waals surface area (Å²) >= 11 is 12.8. The smallest absolute Gasteiger partial charge is 0.264 e. The van der Waals surface area contributed by atoms with Gasteiger partial charge in [0, 0.05) is 28.7 Å². The summed E-state index contributed by atoms with van der Waals surface area (Å²) in [5.74, 6) is 0.0750. The molecule has 0 bridgehead atoms. The molecule has 0 fully saturated rings. The maximum Gasteiger partial charge on any atom is 0.264 e. The number of anilines is 1. The van der Waals surface area contributed by atoms with Gasteiger partial charge in [-0.25, -0.2) is 8.42 Å². The molecular formula is C33H33Cl2N3O5S. The summed E-state index contributed by atoms with van der Waals surface area (Å²) in [5.41, 5.74) is 1.56. The molecule has 1 N–H and O–H groups in total. The largest absolute Gasteiger partial charge is 0.457 e. The molecule has 4 rings (SSSR count). The third-order valence-electron chi connectivity index (χ3n) is 6.90. The zero-order chi connectivity index (χ0) is 31.9. The Labute approximate surface area is 268 Å². The second-order valence-corrected chi connectivity index (χ2v) is 12.7. The maximum absolute atomic E-state index is 14.1. The Morgan fingerprint density at radius 2 is 1.43 bits per heavy atom. The summed E-state index contributed by atoms with van der Waals surface area (Å²) < 4.78 is 35.0. The highest BCUT2D eigenvalue weighted by Gasteiger charge is 2.33. The van der Waals surface area contributed by atoms with Crippen LogP contribution in [0.15, 0.2) is 102 Å². The second-order valence-electron chi connectivity index (χ2n) is 10.0. The molecule has 0 radical (unpaired) electrons. The monoisotopic (exact) mass is 653 g/mol. The minimum Gasteiger partial charge on any atom is -0.457 e. The molecule has 4 aromatic carbocycles. The maximum atomic E-state index is 14.1. The van der Waals surface area contributed by atoms with E-state index in [1.807, 2.05) is 25.1 Å². The number of carbonyl (C=O) groups excluding carboxylic acids is 2. The number of halogens is 2. The van der Waals surface area contributed by atoms with Gasteiger partial charge in [-0.1, -0.05) is 65.2 Å². The van der Waals surface area contributed by atoms with Crippen LogP contribution in [0, 0.1) is 6.92 Å². The number of nitrogens with zero attached hydrogens (tertiary/aromatic N) is 2. The molecule has 0 aliphatic heterocycles. The molecule has 230 valence electrons. The molecule has 0 saturated carbocycles. The molecule has 0 aliphatic rings. The Morgan fingerprint density at radius 3 is 2.02 bits per heavy atom. The number of hydrogen-bond donors (Lipinski definition) is 1. The number of rotatable bonds is 12. The molecule has 8 nitrogen and oxygen atoms in total. The van der Waals surface area contributed by atoms with E-state index in [1.165, 1.54) is 17.0 Å². The van der Waals surface area contributed by atoms with Crippen LogP contribution in [0.3, 0.4) is 0 Å². The van der Waals surface area contributed by atoms with Gasteiger partial charge in [0.05, 0.1) is 10.6 Å². The molecule has 0 spiro atoms. The predicted molar refractivity (Wildman–Crippen MR) is 174 cm³/mol. The molecule has 1 atom stereocenters. The van der Waals surface area contributed by atoms with E-state index in [0.29, 0.717) is 33.7 Å². The summed E-state index contributed by atoms with van der Waals surface area (Å²) in [6.07, 6.45) is 0. The average Bonchev–Trinajstić information content (AvgIpc) is 3.00. The van der Waals surface area contributed by atoms with Gasteiger partial charge in [-0.05, 0) is 81.4 Å². The highest BCUT2D eigenvalue weighted by atomic mass is 35.5. The van der Waals surface area contributed by atoms with E-state index in [1.54, 1.807) is 80.6 Å². The van der Waals surface area contributed by atoms with Crippen LogP contribution in [0.2, 0.25) is 10.0 Å². The molecule has 0 aromatic heterocycles. The highest BCUT2D eigenvalue weighted by Crippen LogP contribution is 2.30. The Bertz CT molecular complexity index is 1680. The topological polar surface area (TPSA) is 96.0 Å². The van der Waals surface area contributed by atoms with Gasteiger partial charge < -0.3 is 15.0 Å². The van der Waals surface area contributed by atoms with E-state index in [0.717, 1.165) is 9.87 Å². The minimum atomic E-state index is -4.22. The van der Waals surface area contributed by atoms with Crippen LogP contribution in [0.1, 0.15) is 25.0 Å². The van der Waals surface area contributed by atoms with Crippen molar-refractivity contribution in [1.29, 1.82) is 0 Å². The number of hydrogen-bond acceptors (Lipinski definition) is 5. The van der Waals surface area contributed by atoms with Crippen LogP contribution in [-0.2, 0) is 26.2 Å². The van der Waals surface area contributed by atoms with Gasteiger partial charge in [-0.3, -0.25) is 13.9 Å². The van der Waals surface area contributed by atoms with Gasteiger partial charge in [0.2, 0.25) is 11.8 Å². The first-order chi connectivity index (χ1) is 21.0. The summed E-state index contributed by atoms with van der Waals surface area (Å²) in [7, 11) is -4.22. The van der Waals surface area contributed by atoms with Crippen molar-refractivity contribution in [3.05, 3.63) is 118 Å². The van der Waals surface area contributed by atoms with E-state index in [-0.39, 0.29) is 17.1 Å². The van der Waals surface area contributed by atoms with E-state index in [2.05, 4.69) is 5.32 Å². The number of nitrogens with one attached hydrogen (secondary N) is 1. The third kappa shape index (κ3) is 7.91. The number of likely N-dealkylation sites (N-methyl/N-ethyl adjacent to an activating group) is 1. The molecule has 0 unspecified atom stereocenters. The molecule has 0 heterocycles. The van der Waals surface area contributed by atoms with Gasteiger partial charge in [0.25, 0.3) is 10.0 Å². The number of amides is 2. The van der Waals surface area contributed by atoms with Crippen molar-refractivity contribution in [2.45, 2.75) is 38.3 Å². The Balaban J connectivity index is 1.73. The fourth-order valence-electron chi connectivity index (χ4n) is 4.43. The standard InChI is InChI=1S/C33H33Cl2N3O5S/c1-4-36-33(40)24(3)37(21-29-30(34)11-8-12-31(29)35)32(39)22-38(44(41,42)28-19-13-23(2)14-20-28)25-15-17-27(18-16-25)43-26-9-6-5-7-10-26/h5-20,24H,4,21-22H2,1-3H3,(H,36,40)/t24-/m0/s1. The van der Waals surface area contributed by atoms with Crippen LogP contribution in [-0.4, -0.2) is 44.3 Å². The van der Waals surface area contributed by atoms with Crippen molar-refractivity contribution in [1.82, 2.24) is 10.2 Å². The van der Waals surface area contributed by atoms with Crippen LogP contribution >= 0.6 is 23.2 Å². The number of benzene rings is 4. The summed E-state index contributed by atoms with van der Waals surface area (Å²) in [6.45, 7) is 4.83. The van der Waals surface area contributed by atoms with Crippen LogP contribution < -0.4 is 14.4 Å². The van der Waals surface area contributed by atoms with Crippen molar-refractivity contribution in [3.8, 4) is 11.5 Å². The highest BCUT2D eigenvalue weighted by molar-refractivity contribution is 7.92. The molecule has 2 amide bonds. The van der Waals surface area contributed by atoms with E-state index < -0.39 is 34.4 Å². The first-order valence-corrected chi connectivity index (χ1v) is 16.1. The third-order valence-corrected chi connectivity index (χ3v) is 9.40. The van der Waals surface area contributed by atoms with Crippen molar-refractivity contribution in [2.24, 2.45) is 0 Å². The second kappa shape index (κ2) is 14.6. The number of sulfonamides is 1. The minimum absolute atomic E-state index is 0.0120. The van der Waals surface area contributed by atoms with Crippen molar-refractivity contribution in [3.63, 3.8) is 0 Å². The Kier molecular flexibility index (Phi) is 10.9. The zero-order valence-electron chi connectivity index (χ0n) is 24.5. The number of carbonyl (C=O) groups is 2. The molecule has 4 aromatic rings. The SMILES string of the molecule is CCNC(=O)[C@H](C)N(Cc1c(Cl)cccc1Cl)C(=O)CN(c1ccc(Oc2ccccc2)cc1)S(=O)(=O)c1ccc(C)cc1. The lowest BCUT2D eigenvalue weighted by Gasteiger charge is -2.32. The van der Waals surface area contributed by atoms with Gasteiger partial charge in [0.1, 0.15) is 24.1 Å². The average molecular weight is 655 g/mol. The van der Waals surface area contributed by atoms with Gasteiger partial charge in [-0.15, -0.1) is 0 Å². The Morgan fingerprint density at radius 1 is 0.841 bits per heavy atom. The number of ether oxygens (including phenoxy) is 1. The van der Waals surface area contributed by atoms with Crippen molar-refractivity contribution < 1.29 is 22.7 Å². The van der Waals surface area contributed by atoms with Crippen LogP contribution in [0.4, 0.5) is 5.69 Å². The fourth-order valence-corrected chi connectivity index (χ4v) is 6.36. The van der Waals surface area contributed by atoms with Gasteiger partial charge >= 0.3 is 0 Å². The summed E-state index contributed by atoms with van der Waals surface area (Å²) in [5, 5.41) is 3.36. The lowest BCUT2D eigenvalue weighted by atomic mass is 10.1. The lowest BCUT2D eigenvalue weighted by molar-refractivity contribution is -0.139. The molecule has 11 heteroatoms. The summed E-state index contributed by atoms with van der Waals surface area (Å²) in [4.78, 5) is 28.3. The predicted octanol–water partition coefficient (Wildman–Crippen LogP) is 6.84. The van der Waals surface area contributed by atoms with Crippen molar-refractivity contribution in [2.75, 3.05) is 17.4 Å². The van der Waals surface area contributed by atoms with Gasteiger partial charge in [0.15, 0.2) is 0 Å². The molecule has 0 aliphatic carbocycles. The Hall–Kier alpha value is -4.05. The molecule has 44 heavy (non-hydrogen) atoms. The quantitative estimate of drug-likeness (QED) is 0.181. The number of para-hydroxylation sites is 1. The zero-order valence-corrected chi connectivity index (χ0v) is 26.9. The van der Waals surface area contributed by atoms with Gasteiger partial charge in [-0.2, -0.15) is 0 Å². The van der Waals surface area contributed by atoms with E-state index >= 15 is 0 Å². The first-order valence-electron chi connectivity index (χ1n) is 13.9. The van der Waals surface area contributed by atoms with Crippen LogP contribution in [0.5, 0.6) is 11.5 Å². The van der Waals surface area contributed by atoms with Crippen LogP contribution in [0.25, 0.3) is 0 Å². The fraction of sp³-hybridized carbons (Fsp3) is 0.212. The molecule has 0 saturated heterocycles. The van der Waals surface area contributed by atoms with E-state index in [9.17, 15) is 18.0 Å². The van der Waals surface area contributed by atoms with E-state index in [4.69, 9.17) is 27.9 Å². The van der Waals surface area contributed by atoms with Crippen molar-refractivity contribution >= 4 is 50.7 Å². The normalized spacial score (nSPS) is 11.8. The first kappa shape index (κ1) is 32.9. The number of aryl methyl sites for hydroxylation is 1. The molecular weight excluding hydrogens is 621 g/mol. The lowest BCUT2D eigenvalue weighted by Crippen LogP contribution is -2.51. The summed E-state index contributed by atoms with van der Waals surface area (Å²) in [6, 6.07) is 25.9.